The average Bonchev–Trinajstić information content (AvgIpc) is 3.34. The molecule has 396 valence electrons. The summed E-state index contributed by atoms with van der Waals surface area (Å²) in [5.74, 6) is -0.881. The van der Waals surface area contributed by atoms with Crippen molar-refractivity contribution in [1.29, 1.82) is 0 Å². The highest BCUT2D eigenvalue weighted by Crippen LogP contribution is 2.17. The predicted molar refractivity (Wildman–Crippen MR) is 293 cm³/mol. The first-order chi connectivity index (χ1) is 33.5. The molecule has 0 fully saturated rings. The van der Waals surface area contributed by atoms with E-state index in [0.717, 1.165) is 89.9 Å². The molecule has 6 heteroatoms. The van der Waals surface area contributed by atoms with Crippen LogP contribution in [0.1, 0.15) is 310 Å². The summed E-state index contributed by atoms with van der Waals surface area (Å²) in [5, 5.41) is 0. The Hall–Kier alpha value is -2.63. The quantitative estimate of drug-likeness (QED) is 0.0262. The molecular weight excluding hydrogens is 841 g/mol. The van der Waals surface area contributed by atoms with Crippen LogP contribution in [0.3, 0.4) is 0 Å². The molecule has 0 bridgehead atoms. The van der Waals surface area contributed by atoms with Gasteiger partial charge in [-0.25, -0.2) is 0 Å². The molecule has 0 rings (SSSR count). The second-order valence-electron chi connectivity index (χ2n) is 19.9. The number of unbranched alkanes of at least 4 members (excludes halogenated alkanes) is 35. The highest BCUT2D eigenvalue weighted by molar-refractivity contribution is 5.71. The molecule has 0 heterocycles. The number of ether oxygens (including phenoxy) is 3. The van der Waals surface area contributed by atoms with Crippen molar-refractivity contribution < 1.29 is 28.6 Å². The summed E-state index contributed by atoms with van der Waals surface area (Å²) in [5.41, 5.74) is 0. The maximum Gasteiger partial charge on any atom is 0.306 e. The van der Waals surface area contributed by atoms with Crippen molar-refractivity contribution >= 4 is 17.9 Å². The van der Waals surface area contributed by atoms with Gasteiger partial charge in [0.15, 0.2) is 6.10 Å². The van der Waals surface area contributed by atoms with Crippen molar-refractivity contribution in [2.45, 2.75) is 316 Å². The Morgan fingerprint density at radius 3 is 0.941 bits per heavy atom. The van der Waals surface area contributed by atoms with Gasteiger partial charge in [-0.3, -0.25) is 14.4 Å². The van der Waals surface area contributed by atoms with Gasteiger partial charge in [-0.05, 0) is 77.0 Å². The number of carbonyl (C=O) groups is 3. The first-order valence-electron chi connectivity index (χ1n) is 29.6. The van der Waals surface area contributed by atoms with Crippen LogP contribution in [0, 0.1) is 0 Å². The summed E-state index contributed by atoms with van der Waals surface area (Å²) >= 11 is 0. The van der Waals surface area contributed by atoms with Crippen LogP contribution in [0.5, 0.6) is 0 Å². The Morgan fingerprint density at radius 2 is 0.574 bits per heavy atom. The summed E-state index contributed by atoms with van der Waals surface area (Å²) in [6, 6.07) is 0. The fourth-order valence-corrected chi connectivity index (χ4v) is 8.63. The average molecular weight is 954 g/mol. The van der Waals surface area contributed by atoms with Crippen LogP contribution in [0.2, 0.25) is 0 Å². The van der Waals surface area contributed by atoms with Crippen LogP contribution < -0.4 is 0 Å². The minimum Gasteiger partial charge on any atom is -0.462 e. The number of rotatable bonds is 54. The van der Waals surface area contributed by atoms with Gasteiger partial charge in [-0.1, -0.05) is 262 Å². The number of hydrogen-bond acceptors (Lipinski definition) is 6. The normalized spacial score (nSPS) is 12.3. The summed E-state index contributed by atoms with van der Waals surface area (Å²) in [4.78, 5) is 38.2. The maximum atomic E-state index is 12.9. The topological polar surface area (TPSA) is 78.9 Å². The fourth-order valence-electron chi connectivity index (χ4n) is 8.63. The number of esters is 3. The highest BCUT2D eigenvalue weighted by atomic mass is 16.6. The molecule has 0 aromatic carbocycles. The van der Waals surface area contributed by atoms with E-state index in [9.17, 15) is 14.4 Å². The van der Waals surface area contributed by atoms with Crippen LogP contribution in [-0.2, 0) is 28.6 Å². The van der Waals surface area contributed by atoms with Gasteiger partial charge in [0.05, 0.1) is 0 Å². The van der Waals surface area contributed by atoms with E-state index in [4.69, 9.17) is 14.2 Å². The van der Waals surface area contributed by atoms with E-state index in [0.29, 0.717) is 19.3 Å². The lowest BCUT2D eigenvalue weighted by atomic mass is 10.0. The number of carbonyl (C=O) groups excluding carboxylic acids is 3. The Kier molecular flexibility index (Phi) is 54.8. The van der Waals surface area contributed by atoms with E-state index in [2.05, 4.69) is 69.4 Å². The van der Waals surface area contributed by atoms with E-state index in [1.807, 2.05) is 0 Å². The Morgan fingerprint density at radius 1 is 0.309 bits per heavy atom. The fraction of sp³-hybridized carbons (Fsp3) is 0.823. The summed E-state index contributed by atoms with van der Waals surface area (Å²) in [6.45, 7) is 6.53. The first kappa shape index (κ1) is 65.4. The van der Waals surface area contributed by atoms with Crippen LogP contribution in [0.4, 0.5) is 0 Å². The summed E-state index contributed by atoms with van der Waals surface area (Å²) in [7, 11) is 0. The molecule has 0 saturated heterocycles. The summed E-state index contributed by atoms with van der Waals surface area (Å²) in [6.07, 6.45) is 69.7. The smallest absolute Gasteiger partial charge is 0.306 e. The van der Waals surface area contributed by atoms with Gasteiger partial charge in [0, 0.05) is 19.3 Å². The second kappa shape index (κ2) is 57.0. The van der Waals surface area contributed by atoms with E-state index < -0.39 is 6.10 Å². The molecule has 68 heavy (non-hydrogen) atoms. The third-order valence-electron chi connectivity index (χ3n) is 13.1. The second-order valence-corrected chi connectivity index (χ2v) is 19.9. The van der Waals surface area contributed by atoms with Gasteiger partial charge >= 0.3 is 17.9 Å². The molecule has 0 aliphatic carbocycles. The molecule has 0 aliphatic heterocycles. The minimum absolute atomic E-state index is 0.0767. The van der Waals surface area contributed by atoms with Crippen molar-refractivity contribution in [2.75, 3.05) is 13.2 Å². The van der Waals surface area contributed by atoms with Crippen molar-refractivity contribution in [1.82, 2.24) is 0 Å². The Balaban J connectivity index is 4.30. The van der Waals surface area contributed by atoms with Crippen molar-refractivity contribution in [2.24, 2.45) is 0 Å². The molecule has 6 nitrogen and oxygen atoms in total. The molecular formula is C62H112O6. The first-order valence-corrected chi connectivity index (χ1v) is 29.6. The van der Waals surface area contributed by atoms with Crippen LogP contribution in [0.25, 0.3) is 0 Å². The van der Waals surface area contributed by atoms with Crippen LogP contribution in [-0.4, -0.2) is 37.2 Å². The van der Waals surface area contributed by atoms with Crippen molar-refractivity contribution in [3.05, 3.63) is 48.6 Å². The van der Waals surface area contributed by atoms with Crippen LogP contribution >= 0.6 is 0 Å². The van der Waals surface area contributed by atoms with Gasteiger partial charge in [0.2, 0.25) is 0 Å². The lowest BCUT2D eigenvalue weighted by Gasteiger charge is -2.18. The van der Waals surface area contributed by atoms with Crippen molar-refractivity contribution in [3.8, 4) is 0 Å². The molecule has 0 amide bonds. The van der Waals surface area contributed by atoms with Gasteiger partial charge in [0.1, 0.15) is 13.2 Å². The molecule has 0 aromatic heterocycles. The zero-order valence-electron chi connectivity index (χ0n) is 45.4. The van der Waals surface area contributed by atoms with E-state index in [1.165, 1.54) is 180 Å². The monoisotopic (exact) mass is 953 g/mol. The number of hydrogen-bond donors (Lipinski definition) is 0. The molecule has 0 aliphatic rings. The molecule has 1 atom stereocenters. The van der Waals surface area contributed by atoms with Gasteiger partial charge in [-0.2, -0.15) is 0 Å². The zero-order chi connectivity index (χ0) is 49.3. The van der Waals surface area contributed by atoms with Gasteiger partial charge in [0.25, 0.3) is 0 Å². The maximum absolute atomic E-state index is 12.9. The van der Waals surface area contributed by atoms with Gasteiger partial charge < -0.3 is 14.2 Å². The highest BCUT2D eigenvalue weighted by Gasteiger charge is 2.19. The number of allylic oxidation sites excluding steroid dienone is 8. The Labute approximate surface area is 422 Å². The Bertz CT molecular complexity index is 1190. The molecule has 1 unspecified atom stereocenters. The van der Waals surface area contributed by atoms with Crippen molar-refractivity contribution in [3.63, 3.8) is 0 Å². The predicted octanol–water partition coefficient (Wildman–Crippen LogP) is 19.8. The minimum atomic E-state index is -0.779. The van der Waals surface area contributed by atoms with Gasteiger partial charge in [-0.15, -0.1) is 0 Å². The lowest BCUT2D eigenvalue weighted by Crippen LogP contribution is -2.30. The third-order valence-corrected chi connectivity index (χ3v) is 13.1. The SMILES string of the molecule is CC/C=C\C/C=C\C/C=C\CCCCCCCCCC(=O)OC(COC(=O)CCCCCCC/C=C\CCCCC)COC(=O)CCCCCCCCCCCCCCCCCCCCCCC. The third kappa shape index (κ3) is 54.3. The molecule has 0 radical (unpaired) electrons. The zero-order valence-corrected chi connectivity index (χ0v) is 45.4. The standard InChI is InChI=1S/C62H112O6/c1-4-7-10-13-16-19-22-25-27-29-30-31-32-34-35-37-40-43-46-49-52-55-61(64)67-58-59(57-66-60(63)54-51-48-45-42-39-24-21-18-15-12-9-6-3)68-62(65)56-53-50-47-44-41-38-36-33-28-26-23-20-17-14-11-8-5-2/h8,11,17-18,20-21,26,28,59H,4-7,9-10,12-16,19,22-25,27,29-58H2,1-3H3/b11-8-,20-17-,21-18-,28-26-. The lowest BCUT2D eigenvalue weighted by molar-refractivity contribution is -0.167. The molecule has 0 aromatic rings. The molecule has 0 spiro atoms. The molecule has 0 N–H and O–H groups in total. The largest absolute Gasteiger partial charge is 0.462 e. The van der Waals surface area contributed by atoms with E-state index in [-0.39, 0.29) is 31.1 Å². The van der Waals surface area contributed by atoms with E-state index in [1.54, 1.807) is 0 Å². The summed E-state index contributed by atoms with van der Waals surface area (Å²) < 4.78 is 16.9. The van der Waals surface area contributed by atoms with Crippen LogP contribution in [0.15, 0.2) is 48.6 Å². The molecule has 0 saturated carbocycles. The van der Waals surface area contributed by atoms with E-state index >= 15 is 0 Å².